The molecule has 5 rings (SSSR count). The number of anilines is 1. The summed E-state index contributed by atoms with van der Waals surface area (Å²) in [5.74, 6) is 0.126. The molecule has 4 heterocycles. The average molecular weight is 449 g/mol. The van der Waals surface area contributed by atoms with Gasteiger partial charge in [0.1, 0.15) is 4.83 Å². The van der Waals surface area contributed by atoms with Gasteiger partial charge in [0.2, 0.25) is 0 Å². The van der Waals surface area contributed by atoms with E-state index in [1.807, 2.05) is 23.1 Å². The number of likely N-dealkylation sites (tertiary alicyclic amines) is 1. The number of amides is 2. The van der Waals surface area contributed by atoms with Crippen LogP contribution in [0.4, 0.5) is 5.69 Å². The molecular formula is C25H28N4O2S. The third-order valence-electron chi connectivity index (χ3n) is 6.72. The molecule has 0 saturated carbocycles. The number of pyridine rings is 1. The lowest BCUT2D eigenvalue weighted by Gasteiger charge is -2.22. The lowest BCUT2D eigenvalue weighted by Crippen LogP contribution is -2.29. The highest BCUT2D eigenvalue weighted by molar-refractivity contribution is 7.20. The highest BCUT2D eigenvalue weighted by Crippen LogP contribution is 2.39. The molecule has 1 aromatic carbocycles. The number of nitrogens with one attached hydrogen (secondary N) is 1. The van der Waals surface area contributed by atoms with E-state index in [1.165, 1.54) is 35.4 Å². The average Bonchev–Trinajstić information content (AvgIpc) is 3.57. The van der Waals surface area contributed by atoms with Crippen LogP contribution in [0, 0.1) is 6.92 Å². The molecule has 2 aliphatic heterocycles. The van der Waals surface area contributed by atoms with E-state index in [0.29, 0.717) is 18.0 Å². The largest absolute Gasteiger partial charge is 0.371 e. The van der Waals surface area contributed by atoms with E-state index in [0.717, 1.165) is 40.9 Å². The Morgan fingerprint density at radius 1 is 1.16 bits per heavy atom. The van der Waals surface area contributed by atoms with Crippen LogP contribution >= 0.6 is 11.3 Å². The number of nitrogens with zero attached hydrogens (tertiary/aromatic N) is 3. The van der Waals surface area contributed by atoms with E-state index < -0.39 is 0 Å². The molecule has 2 saturated heterocycles. The van der Waals surface area contributed by atoms with Crippen molar-refractivity contribution in [1.82, 2.24) is 15.2 Å². The molecule has 6 nitrogen and oxygen atoms in total. The molecule has 1 unspecified atom stereocenters. The molecule has 0 spiro atoms. The number of benzene rings is 1. The lowest BCUT2D eigenvalue weighted by atomic mass is 9.95. The van der Waals surface area contributed by atoms with Crippen molar-refractivity contribution in [2.24, 2.45) is 0 Å². The van der Waals surface area contributed by atoms with Crippen LogP contribution < -0.4 is 10.2 Å². The topological polar surface area (TPSA) is 65.5 Å². The number of carbonyl (C=O) groups is 2. The van der Waals surface area contributed by atoms with Crippen LogP contribution in [0.25, 0.3) is 10.2 Å². The van der Waals surface area contributed by atoms with Gasteiger partial charge in [0.15, 0.2) is 0 Å². The molecule has 32 heavy (non-hydrogen) atoms. The fourth-order valence-corrected chi connectivity index (χ4v) is 6.22. The van der Waals surface area contributed by atoms with Crippen molar-refractivity contribution < 1.29 is 9.59 Å². The summed E-state index contributed by atoms with van der Waals surface area (Å²) < 4.78 is 0. The predicted octanol–water partition coefficient (Wildman–Crippen LogP) is 4.19. The number of hydrogen-bond acceptors (Lipinski definition) is 5. The summed E-state index contributed by atoms with van der Waals surface area (Å²) in [4.78, 5) is 36.4. The molecule has 3 aromatic rings. The Morgan fingerprint density at radius 3 is 2.75 bits per heavy atom. The Labute approximate surface area is 192 Å². The minimum atomic E-state index is -0.0819. The molecule has 2 fully saturated rings. The summed E-state index contributed by atoms with van der Waals surface area (Å²) in [6.45, 7) is 5.55. The minimum Gasteiger partial charge on any atom is -0.371 e. The maximum atomic E-state index is 13.4. The minimum absolute atomic E-state index is 0.0760. The maximum Gasteiger partial charge on any atom is 0.261 e. The van der Waals surface area contributed by atoms with Crippen molar-refractivity contribution in [3.63, 3.8) is 0 Å². The van der Waals surface area contributed by atoms with Crippen LogP contribution in [0.5, 0.6) is 0 Å². The van der Waals surface area contributed by atoms with E-state index >= 15 is 0 Å². The molecule has 2 amide bonds. The molecule has 7 heteroatoms. The number of aryl methyl sites for hydroxylation is 1. The molecule has 0 radical (unpaired) electrons. The summed E-state index contributed by atoms with van der Waals surface area (Å²) in [6.07, 6.45) is 5.03. The van der Waals surface area contributed by atoms with Gasteiger partial charge in [-0.1, -0.05) is 12.1 Å². The first-order valence-electron chi connectivity index (χ1n) is 11.3. The quantitative estimate of drug-likeness (QED) is 0.650. The van der Waals surface area contributed by atoms with Crippen molar-refractivity contribution in [2.75, 3.05) is 38.1 Å². The van der Waals surface area contributed by atoms with Crippen molar-refractivity contribution >= 4 is 39.1 Å². The van der Waals surface area contributed by atoms with Crippen molar-refractivity contribution in [3.8, 4) is 0 Å². The Balaban J connectivity index is 1.41. The van der Waals surface area contributed by atoms with Gasteiger partial charge in [-0.15, -0.1) is 11.3 Å². The van der Waals surface area contributed by atoms with Gasteiger partial charge in [-0.25, -0.2) is 4.98 Å². The number of fused-ring (bicyclic) bond motifs is 1. The van der Waals surface area contributed by atoms with Gasteiger partial charge >= 0.3 is 0 Å². The zero-order valence-electron chi connectivity index (χ0n) is 18.6. The first-order valence-corrected chi connectivity index (χ1v) is 12.1. The Bertz CT molecular complexity index is 1180. The molecule has 0 aliphatic carbocycles. The Morgan fingerprint density at radius 2 is 1.97 bits per heavy atom. The van der Waals surface area contributed by atoms with Gasteiger partial charge in [-0.05, 0) is 55.5 Å². The van der Waals surface area contributed by atoms with E-state index in [2.05, 4.69) is 34.3 Å². The van der Waals surface area contributed by atoms with Crippen LogP contribution in [0.3, 0.4) is 0 Å². The number of thiophene rings is 1. The van der Waals surface area contributed by atoms with Gasteiger partial charge < -0.3 is 15.1 Å². The molecule has 1 N–H and O–H groups in total. The second kappa shape index (κ2) is 8.54. The van der Waals surface area contributed by atoms with E-state index in [-0.39, 0.29) is 17.7 Å². The SMILES string of the molecule is CNC(=O)c1sc2ncccc2c1C1CCN(C(=O)c2ccc(C)c(N3CCCC3)c2)C1. The highest BCUT2D eigenvalue weighted by atomic mass is 32.1. The molecule has 0 bridgehead atoms. The van der Waals surface area contributed by atoms with Crippen LogP contribution in [0.1, 0.15) is 56.3 Å². The highest BCUT2D eigenvalue weighted by Gasteiger charge is 2.33. The molecule has 2 aliphatic rings. The maximum absolute atomic E-state index is 13.4. The zero-order valence-corrected chi connectivity index (χ0v) is 19.4. The second-order valence-corrected chi connectivity index (χ2v) is 9.71. The predicted molar refractivity (Wildman–Crippen MR) is 129 cm³/mol. The van der Waals surface area contributed by atoms with Gasteiger partial charge in [0, 0.05) is 62.0 Å². The third kappa shape index (κ3) is 3.64. The van der Waals surface area contributed by atoms with Crippen LogP contribution in [-0.2, 0) is 0 Å². The Kier molecular flexibility index (Phi) is 5.59. The Hall–Kier alpha value is -2.93. The van der Waals surface area contributed by atoms with E-state index in [4.69, 9.17) is 0 Å². The van der Waals surface area contributed by atoms with Crippen LogP contribution in [0.15, 0.2) is 36.5 Å². The van der Waals surface area contributed by atoms with Gasteiger partial charge in [-0.2, -0.15) is 0 Å². The molecule has 1 atom stereocenters. The van der Waals surface area contributed by atoms with Crippen LogP contribution in [-0.4, -0.2) is 54.9 Å². The zero-order chi connectivity index (χ0) is 22.2. The summed E-state index contributed by atoms with van der Waals surface area (Å²) >= 11 is 1.43. The first kappa shape index (κ1) is 20.9. The number of aromatic nitrogens is 1. The van der Waals surface area contributed by atoms with E-state index in [1.54, 1.807) is 13.2 Å². The second-order valence-electron chi connectivity index (χ2n) is 8.71. The molecule has 166 valence electrons. The summed E-state index contributed by atoms with van der Waals surface area (Å²) in [5.41, 5.74) is 4.19. The van der Waals surface area contributed by atoms with E-state index in [9.17, 15) is 9.59 Å². The smallest absolute Gasteiger partial charge is 0.261 e. The van der Waals surface area contributed by atoms with Crippen molar-refractivity contribution in [2.45, 2.75) is 32.1 Å². The van der Waals surface area contributed by atoms with Crippen LogP contribution in [0.2, 0.25) is 0 Å². The summed E-state index contributed by atoms with van der Waals surface area (Å²) in [6, 6.07) is 10.0. The standard InChI is InChI=1S/C25H28N4O2S/c1-16-7-8-17(14-20(16)28-11-3-4-12-28)25(31)29-13-9-18(15-29)21-19-6-5-10-27-24(19)32-22(21)23(30)26-2/h5-8,10,14,18H,3-4,9,11-13,15H2,1-2H3,(H,26,30). The number of hydrogen-bond donors (Lipinski definition) is 1. The number of rotatable bonds is 4. The molecular weight excluding hydrogens is 420 g/mol. The third-order valence-corrected chi connectivity index (χ3v) is 7.85. The molecule has 2 aromatic heterocycles. The van der Waals surface area contributed by atoms with Gasteiger partial charge in [0.25, 0.3) is 11.8 Å². The number of carbonyl (C=O) groups excluding carboxylic acids is 2. The van der Waals surface area contributed by atoms with Crippen molar-refractivity contribution in [1.29, 1.82) is 0 Å². The van der Waals surface area contributed by atoms with Crippen molar-refractivity contribution in [3.05, 3.63) is 58.1 Å². The fourth-order valence-electron chi connectivity index (χ4n) is 5.04. The summed E-state index contributed by atoms with van der Waals surface area (Å²) in [7, 11) is 1.66. The lowest BCUT2D eigenvalue weighted by molar-refractivity contribution is 0.0791. The fraction of sp³-hybridized carbons (Fsp3) is 0.400. The monoisotopic (exact) mass is 448 g/mol. The first-order chi connectivity index (χ1) is 15.6. The van der Waals surface area contributed by atoms with Gasteiger partial charge in [-0.3, -0.25) is 9.59 Å². The normalized spacial score (nSPS) is 18.5. The van der Waals surface area contributed by atoms with Gasteiger partial charge in [0.05, 0.1) is 4.88 Å². The summed E-state index contributed by atoms with van der Waals surface area (Å²) in [5, 5.41) is 3.79.